The van der Waals surface area contributed by atoms with Gasteiger partial charge >= 0.3 is 0 Å². The third-order valence-electron chi connectivity index (χ3n) is 7.40. The molecule has 2 heterocycles. The van der Waals surface area contributed by atoms with Crippen LogP contribution >= 0.6 is 24.8 Å². The molecule has 2 aromatic rings. The second-order valence-corrected chi connectivity index (χ2v) is 10.1. The van der Waals surface area contributed by atoms with Crippen LogP contribution in [0.3, 0.4) is 0 Å². The minimum Gasteiger partial charge on any atom is -0.393 e. The van der Waals surface area contributed by atoms with Crippen molar-refractivity contribution in [3.63, 3.8) is 0 Å². The molecule has 198 valence electrons. The van der Waals surface area contributed by atoms with Gasteiger partial charge in [-0.2, -0.15) is 0 Å². The maximum Gasteiger partial charge on any atom is 0.289 e. The molecule has 1 amide bonds. The van der Waals surface area contributed by atoms with Gasteiger partial charge in [-0.1, -0.05) is 24.5 Å². The normalized spacial score (nSPS) is 25.8. The topological polar surface area (TPSA) is 112 Å². The van der Waals surface area contributed by atoms with E-state index < -0.39 is 0 Å². The number of carbonyl (C=O) groups excluding carboxylic acids is 1. The van der Waals surface area contributed by atoms with E-state index in [-0.39, 0.29) is 54.7 Å². The summed E-state index contributed by atoms with van der Waals surface area (Å²) in [5.41, 5.74) is 1.91. The molecule has 1 aliphatic heterocycles. The molecule has 1 aromatic heterocycles. The number of anilines is 1. The van der Waals surface area contributed by atoms with Gasteiger partial charge in [0.25, 0.3) is 5.91 Å². The monoisotopic (exact) mass is 536 g/mol. The molecule has 8 nitrogen and oxygen atoms in total. The van der Waals surface area contributed by atoms with Crippen molar-refractivity contribution in [1.82, 2.24) is 20.6 Å². The van der Waals surface area contributed by atoms with Crippen LogP contribution in [0.4, 0.5) is 5.82 Å². The highest BCUT2D eigenvalue weighted by Crippen LogP contribution is 2.27. The smallest absolute Gasteiger partial charge is 0.289 e. The second-order valence-electron chi connectivity index (χ2n) is 10.1. The molecular formula is C26H38Cl2N6O2. The molecule has 2 fully saturated rings. The van der Waals surface area contributed by atoms with Gasteiger partial charge in [-0.25, -0.2) is 9.97 Å². The Labute approximate surface area is 225 Å². The van der Waals surface area contributed by atoms with Crippen LogP contribution in [0.2, 0.25) is 0 Å². The van der Waals surface area contributed by atoms with E-state index in [9.17, 15) is 9.90 Å². The maximum atomic E-state index is 13.1. The van der Waals surface area contributed by atoms with Gasteiger partial charge in [0.2, 0.25) is 5.82 Å². The number of hydrogen-bond donors (Lipinski definition) is 4. The Bertz CT molecular complexity index is 1070. The predicted octanol–water partition coefficient (Wildman–Crippen LogP) is 4.32. The number of halogens is 2. The Kier molecular flexibility index (Phi) is 10.2. The molecule has 36 heavy (non-hydrogen) atoms. The molecule has 1 aromatic carbocycles. The number of aliphatic hydroxyl groups excluding tert-OH is 1. The van der Waals surface area contributed by atoms with Gasteiger partial charge in [0.05, 0.1) is 17.5 Å². The fourth-order valence-electron chi connectivity index (χ4n) is 5.45. The zero-order chi connectivity index (χ0) is 23.5. The standard InChI is InChI=1S/C26H36N6O2.2ClH/c1-16-8-13-20-19(15-16)24(31-22-6-3-2-5-21(22)29-23-7-4-14-27-23)32-25(30-20)26(34)28-17-9-11-18(33)12-10-17;;/h8,13,15,17-18,21-22,33H,2-7,9-12,14H2,1H3,(H,27,29)(H,28,34)(H,30,31,32);2*1H/t17?,18?,21-,22+;;/m1../s1. The highest BCUT2D eigenvalue weighted by Gasteiger charge is 2.28. The van der Waals surface area contributed by atoms with Crippen LogP contribution in [0.15, 0.2) is 23.2 Å². The average Bonchev–Trinajstić information content (AvgIpc) is 3.35. The Morgan fingerprint density at radius 2 is 1.67 bits per heavy atom. The van der Waals surface area contributed by atoms with Crippen LogP contribution in [-0.2, 0) is 0 Å². The van der Waals surface area contributed by atoms with Crippen molar-refractivity contribution < 1.29 is 9.90 Å². The van der Waals surface area contributed by atoms with Gasteiger partial charge in [0, 0.05) is 36.5 Å². The van der Waals surface area contributed by atoms with Gasteiger partial charge in [-0.15, -0.1) is 24.8 Å². The number of fused-ring (bicyclic) bond motifs is 1. The quantitative estimate of drug-likeness (QED) is 0.452. The van der Waals surface area contributed by atoms with Crippen LogP contribution in [0, 0.1) is 6.92 Å². The number of aromatic nitrogens is 2. The van der Waals surface area contributed by atoms with Crippen LogP contribution in [0.5, 0.6) is 0 Å². The number of aryl methyl sites for hydroxylation is 1. The van der Waals surface area contributed by atoms with E-state index in [0.29, 0.717) is 6.04 Å². The van der Waals surface area contributed by atoms with E-state index in [1.54, 1.807) is 0 Å². The molecule has 0 spiro atoms. The summed E-state index contributed by atoms with van der Waals surface area (Å²) in [5, 5.41) is 21.2. The minimum atomic E-state index is -0.253. The molecule has 0 unspecified atom stereocenters. The van der Waals surface area contributed by atoms with E-state index in [1.807, 2.05) is 12.1 Å². The van der Waals surface area contributed by atoms with Crippen molar-refractivity contribution >= 4 is 53.3 Å². The molecule has 4 N–H and O–H groups in total. The molecule has 3 aliphatic rings. The van der Waals surface area contributed by atoms with Crippen molar-refractivity contribution in [2.45, 2.75) is 95.4 Å². The highest BCUT2D eigenvalue weighted by atomic mass is 35.5. The number of amides is 1. The molecule has 0 saturated heterocycles. The molecular weight excluding hydrogens is 499 g/mol. The summed E-state index contributed by atoms with van der Waals surface area (Å²) in [7, 11) is 0. The number of benzene rings is 1. The maximum absolute atomic E-state index is 13.1. The van der Waals surface area contributed by atoms with E-state index in [1.165, 1.54) is 12.8 Å². The lowest BCUT2D eigenvalue weighted by molar-refractivity contribution is 0.0859. The molecule has 5 rings (SSSR count). The van der Waals surface area contributed by atoms with Gasteiger partial charge in [-0.3, -0.25) is 9.79 Å². The average molecular weight is 538 g/mol. The summed E-state index contributed by atoms with van der Waals surface area (Å²) in [6.45, 7) is 2.98. The lowest BCUT2D eigenvalue weighted by Gasteiger charge is -2.34. The van der Waals surface area contributed by atoms with Crippen molar-refractivity contribution in [1.29, 1.82) is 0 Å². The molecule has 2 aliphatic carbocycles. The zero-order valence-electron chi connectivity index (χ0n) is 20.8. The third-order valence-corrected chi connectivity index (χ3v) is 7.40. The van der Waals surface area contributed by atoms with Crippen LogP contribution < -0.4 is 16.0 Å². The summed E-state index contributed by atoms with van der Waals surface area (Å²) in [6, 6.07) is 6.65. The second kappa shape index (κ2) is 12.9. The van der Waals surface area contributed by atoms with E-state index in [4.69, 9.17) is 4.98 Å². The Balaban J connectivity index is 0.00000180. The fourth-order valence-corrected chi connectivity index (χ4v) is 5.45. The fraction of sp³-hybridized carbons (Fsp3) is 0.615. The number of aliphatic imine (C=N–C) groups is 1. The number of rotatable bonds is 5. The van der Waals surface area contributed by atoms with Crippen LogP contribution in [0.1, 0.15) is 80.4 Å². The molecule has 0 radical (unpaired) electrons. The van der Waals surface area contributed by atoms with Gasteiger partial charge in [-0.05, 0) is 64.0 Å². The molecule has 2 saturated carbocycles. The molecule has 10 heteroatoms. The summed E-state index contributed by atoms with van der Waals surface area (Å²) in [6.07, 6.45) is 9.43. The van der Waals surface area contributed by atoms with Crippen molar-refractivity contribution in [2.24, 2.45) is 4.99 Å². The number of amidine groups is 1. The summed E-state index contributed by atoms with van der Waals surface area (Å²) >= 11 is 0. The number of aliphatic hydroxyl groups is 1. The van der Waals surface area contributed by atoms with Crippen molar-refractivity contribution in [3.05, 3.63) is 29.6 Å². The predicted molar refractivity (Wildman–Crippen MR) is 149 cm³/mol. The Morgan fingerprint density at radius 3 is 2.36 bits per heavy atom. The third kappa shape index (κ3) is 6.78. The first-order chi connectivity index (χ1) is 16.5. The van der Waals surface area contributed by atoms with Gasteiger partial charge < -0.3 is 21.1 Å². The first kappa shape index (κ1) is 28.4. The number of nitrogens with one attached hydrogen (secondary N) is 3. The van der Waals surface area contributed by atoms with E-state index in [0.717, 1.165) is 86.0 Å². The van der Waals surface area contributed by atoms with Crippen LogP contribution in [-0.4, -0.2) is 57.6 Å². The first-order valence-electron chi connectivity index (χ1n) is 12.9. The Morgan fingerprint density at radius 1 is 0.944 bits per heavy atom. The largest absolute Gasteiger partial charge is 0.393 e. The lowest BCUT2D eigenvalue weighted by atomic mass is 9.90. The summed E-state index contributed by atoms with van der Waals surface area (Å²) < 4.78 is 0. The highest BCUT2D eigenvalue weighted by molar-refractivity contribution is 5.97. The lowest BCUT2D eigenvalue weighted by Crippen LogP contribution is -2.48. The molecule has 2 atom stereocenters. The van der Waals surface area contributed by atoms with Crippen molar-refractivity contribution in [2.75, 3.05) is 11.9 Å². The SMILES string of the molecule is Cc1ccc2nc(C(=O)NC3CCC(O)CC3)nc(N[C@H]3CCCC[C@H]3NC3=NCCC3)c2c1.Cl.Cl. The van der Waals surface area contributed by atoms with E-state index >= 15 is 0 Å². The first-order valence-corrected chi connectivity index (χ1v) is 12.9. The van der Waals surface area contributed by atoms with Gasteiger partial charge in [0.15, 0.2) is 0 Å². The minimum absolute atomic E-state index is 0. The van der Waals surface area contributed by atoms with Crippen LogP contribution in [0.25, 0.3) is 10.9 Å². The number of nitrogens with zero attached hydrogens (tertiary/aromatic N) is 3. The van der Waals surface area contributed by atoms with Crippen molar-refractivity contribution in [3.8, 4) is 0 Å². The van der Waals surface area contributed by atoms with E-state index in [2.05, 4.69) is 38.9 Å². The summed E-state index contributed by atoms with van der Waals surface area (Å²) in [4.78, 5) is 27.0. The Hall–Kier alpha value is -2.16. The summed E-state index contributed by atoms with van der Waals surface area (Å²) in [5.74, 6) is 1.81. The zero-order valence-corrected chi connectivity index (χ0v) is 22.5. The molecule has 0 bridgehead atoms. The number of carbonyl (C=O) groups is 1. The number of hydrogen-bond acceptors (Lipinski definition) is 7. The van der Waals surface area contributed by atoms with Gasteiger partial charge in [0.1, 0.15) is 5.82 Å².